The number of nitrogens with two attached hydrogens (primary N) is 1. The lowest BCUT2D eigenvalue weighted by atomic mass is 9.99. The molecule has 7 nitrogen and oxygen atoms in total. The first-order valence-electron chi connectivity index (χ1n) is 10.5. The van der Waals surface area contributed by atoms with Crippen molar-refractivity contribution < 1.29 is 22.4 Å². The number of primary sulfonamides is 1. The number of furan rings is 1. The molecule has 1 amide bonds. The van der Waals surface area contributed by atoms with Gasteiger partial charge < -0.3 is 14.5 Å². The second kappa shape index (κ2) is 9.54. The normalized spacial score (nSPS) is 12.0. The standard InChI is InChI=1S/C26H24N2O5S/c1-17(12-26(29)28-15-18-8-10-20(11-9-18)34(27,30)31)21-13-22-23(19-6-4-3-5-7-19)16-33-25(22)14-24(21)32-2/h3-14,16H,15H2,1-2H3,(H,28,29)(H2,27,30,31)/b17-12+. The van der Waals surface area contributed by atoms with Crippen LogP contribution in [0.4, 0.5) is 0 Å². The Bertz CT molecular complexity index is 1470. The number of nitrogens with one attached hydrogen (secondary N) is 1. The number of sulfonamides is 1. The Hall–Kier alpha value is -3.88. The summed E-state index contributed by atoms with van der Waals surface area (Å²) in [5.41, 5.74) is 4.93. The van der Waals surface area contributed by atoms with E-state index in [2.05, 4.69) is 5.32 Å². The monoisotopic (exact) mass is 476 g/mol. The Kier molecular flexibility index (Phi) is 6.54. The summed E-state index contributed by atoms with van der Waals surface area (Å²) in [6.07, 6.45) is 3.22. The molecule has 8 heteroatoms. The molecule has 0 spiro atoms. The number of rotatable bonds is 7. The van der Waals surface area contributed by atoms with Gasteiger partial charge in [-0.1, -0.05) is 42.5 Å². The first-order chi connectivity index (χ1) is 16.3. The molecule has 1 aromatic heterocycles. The van der Waals surface area contributed by atoms with E-state index in [9.17, 15) is 13.2 Å². The van der Waals surface area contributed by atoms with Gasteiger partial charge in [0.1, 0.15) is 11.3 Å². The first-order valence-corrected chi connectivity index (χ1v) is 12.0. The molecule has 3 N–H and O–H groups in total. The maximum Gasteiger partial charge on any atom is 0.244 e. The Morgan fingerprint density at radius 1 is 1.09 bits per heavy atom. The average molecular weight is 477 g/mol. The van der Waals surface area contributed by atoms with Gasteiger partial charge in [0.2, 0.25) is 15.9 Å². The predicted molar refractivity (Wildman–Crippen MR) is 132 cm³/mol. The molecule has 0 atom stereocenters. The molecule has 0 aliphatic heterocycles. The van der Waals surface area contributed by atoms with Crippen molar-refractivity contribution in [2.24, 2.45) is 5.14 Å². The second-order valence-electron chi connectivity index (χ2n) is 7.80. The topological polar surface area (TPSA) is 112 Å². The lowest BCUT2D eigenvalue weighted by Gasteiger charge is -2.10. The zero-order chi connectivity index (χ0) is 24.3. The number of carbonyl (C=O) groups excluding carboxylic acids is 1. The number of hydrogen-bond acceptors (Lipinski definition) is 5. The van der Waals surface area contributed by atoms with Gasteiger partial charge in [0.05, 0.1) is 18.3 Å². The summed E-state index contributed by atoms with van der Waals surface area (Å²) in [7, 11) is -2.18. The molecule has 0 unspecified atom stereocenters. The van der Waals surface area contributed by atoms with Gasteiger partial charge in [0, 0.05) is 35.2 Å². The Morgan fingerprint density at radius 3 is 2.44 bits per heavy atom. The summed E-state index contributed by atoms with van der Waals surface area (Å²) >= 11 is 0. The molecule has 0 bridgehead atoms. The van der Waals surface area contributed by atoms with Gasteiger partial charge in [0.25, 0.3) is 0 Å². The molecule has 0 fully saturated rings. The van der Waals surface area contributed by atoms with Crippen LogP contribution in [0.3, 0.4) is 0 Å². The van der Waals surface area contributed by atoms with E-state index in [1.807, 2.05) is 49.4 Å². The van der Waals surface area contributed by atoms with Gasteiger partial charge in [-0.05, 0) is 41.8 Å². The van der Waals surface area contributed by atoms with E-state index in [1.54, 1.807) is 25.5 Å². The highest BCUT2D eigenvalue weighted by Crippen LogP contribution is 2.37. The minimum absolute atomic E-state index is 0.0231. The van der Waals surface area contributed by atoms with Crippen molar-refractivity contribution in [3.8, 4) is 16.9 Å². The van der Waals surface area contributed by atoms with Gasteiger partial charge in [-0.3, -0.25) is 4.79 Å². The Morgan fingerprint density at radius 2 is 1.79 bits per heavy atom. The van der Waals surface area contributed by atoms with Gasteiger partial charge in [0.15, 0.2) is 0 Å². The molecule has 0 aliphatic carbocycles. The number of methoxy groups -OCH3 is 1. The summed E-state index contributed by atoms with van der Waals surface area (Å²) in [4.78, 5) is 12.6. The summed E-state index contributed by atoms with van der Waals surface area (Å²) in [6, 6.07) is 19.7. The van der Waals surface area contributed by atoms with Gasteiger partial charge in [-0.25, -0.2) is 13.6 Å². The van der Waals surface area contributed by atoms with E-state index < -0.39 is 10.0 Å². The number of amides is 1. The molecule has 4 rings (SSSR count). The highest BCUT2D eigenvalue weighted by atomic mass is 32.2. The van der Waals surface area contributed by atoms with Crippen LogP contribution in [-0.2, 0) is 21.4 Å². The Labute approximate surface area is 197 Å². The second-order valence-corrected chi connectivity index (χ2v) is 9.36. The van der Waals surface area contributed by atoms with Gasteiger partial charge in [-0.2, -0.15) is 0 Å². The fraction of sp³-hybridized carbons (Fsp3) is 0.115. The lowest BCUT2D eigenvalue weighted by molar-refractivity contribution is -0.116. The Balaban J connectivity index is 1.56. The smallest absolute Gasteiger partial charge is 0.244 e. The fourth-order valence-electron chi connectivity index (χ4n) is 3.68. The van der Waals surface area contributed by atoms with Crippen LogP contribution < -0.4 is 15.2 Å². The third-order valence-corrected chi connectivity index (χ3v) is 6.40. The molecule has 1 heterocycles. The van der Waals surface area contributed by atoms with Crippen LogP contribution >= 0.6 is 0 Å². The van der Waals surface area contributed by atoms with E-state index in [-0.39, 0.29) is 17.3 Å². The average Bonchev–Trinajstić information content (AvgIpc) is 3.25. The number of ether oxygens (including phenoxy) is 1. The third-order valence-electron chi connectivity index (χ3n) is 5.47. The largest absolute Gasteiger partial charge is 0.496 e. The van der Waals surface area contributed by atoms with Crippen LogP contribution in [0.25, 0.3) is 27.7 Å². The highest BCUT2D eigenvalue weighted by molar-refractivity contribution is 7.89. The molecular weight excluding hydrogens is 452 g/mol. The summed E-state index contributed by atoms with van der Waals surface area (Å²) in [5.74, 6) is 0.312. The van der Waals surface area contributed by atoms with E-state index >= 15 is 0 Å². The van der Waals surface area contributed by atoms with Crippen molar-refractivity contribution in [1.29, 1.82) is 0 Å². The molecule has 0 radical (unpaired) electrons. The van der Waals surface area contributed by atoms with Crippen molar-refractivity contribution in [2.75, 3.05) is 7.11 Å². The van der Waals surface area contributed by atoms with Crippen LogP contribution in [0.2, 0.25) is 0 Å². The van der Waals surface area contributed by atoms with E-state index in [1.165, 1.54) is 18.2 Å². The van der Waals surface area contributed by atoms with E-state index in [0.717, 1.165) is 33.2 Å². The van der Waals surface area contributed by atoms with Crippen molar-refractivity contribution in [1.82, 2.24) is 5.32 Å². The zero-order valence-electron chi connectivity index (χ0n) is 18.7. The van der Waals surface area contributed by atoms with Gasteiger partial charge in [-0.15, -0.1) is 0 Å². The molecule has 3 aromatic carbocycles. The van der Waals surface area contributed by atoms with E-state index in [0.29, 0.717) is 11.3 Å². The quantitative estimate of drug-likeness (QED) is 0.382. The van der Waals surface area contributed by atoms with E-state index in [4.69, 9.17) is 14.3 Å². The number of benzene rings is 3. The van der Waals surface area contributed by atoms with Crippen LogP contribution in [0, 0.1) is 0 Å². The number of carbonyl (C=O) groups is 1. The van der Waals surface area contributed by atoms with Crippen LogP contribution in [-0.4, -0.2) is 21.4 Å². The van der Waals surface area contributed by atoms with Crippen molar-refractivity contribution >= 4 is 32.5 Å². The minimum Gasteiger partial charge on any atom is -0.496 e. The molecular formula is C26H24N2O5S. The minimum atomic E-state index is -3.75. The number of fused-ring (bicyclic) bond motifs is 1. The maximum atomic E-state index is 12.6. The molecule has 0 saturated heterocycles. The zero-order valence-corrected chi connectivity index (χ0v) is 19.6. The van der Waals surface area contributed by atoms with Crippen LogP contribution in [0.5, 0.6) is 5.75 Å². The molecule has 4 aromatic rings. The fourth-order valence-corrected chi connectivity index (χ4v) is 4.20. The number of hydrogen-bond donors (Lipinski definition) is 2. The number of allylic oxidation sites excluding steroid dienone is 1. The first kappa shape index (κ1) is 23.3. The van der Waals surface area contributed by atoms with Gasteiger partial charge >= 0.3 is 0 Å². The highest BCUT2D eigenvalue weighted by Gasteiger charge is 2.15. The molecule has 0 aliphatic rings. The lowest BCUT2D eigenvalue weighted by Crippen LogP contribution is -2.20. The maximum absolute atomic E-state index is 12.6. The van der Waals surface area contributed by atoms with Crippen LogP contribution in [0.1, 0.15) is 18.1 Å². The summed E-state index contributed by atoms with van der Waals surface area (Å²) in [5, 5.41) is 8.84. The van der Waals surface area contributed by atoms with Crippen molar-refractivity contribution in [2.45, 2.75) is 18.4 Å². The SMILES string of the molecule is COc1cc2occ(-c3ccccc3)c2cc1/C(C)=C/C(=O)NCc1ccc(S(N)(=O)=O)cc1. The molecule has 34 heavy (non-hydrogen) atoms. The molecule has 0 saturated carbocycles. The third kappa shape index (κ3) is 5.03. The summed E-state index contributed by atoms with van der Waals surface area (Å²) < 4.78 is 34.0. The van der Waals surface area contributed by atoms with Crippen molar-refractivity contribution in [3.63, 3.8) is 0 Å². The van der Waals surface area contributed by atoms with Crippen LogP contribution in [0.15, 0.2) is 88.4 Å². The van der Waals surface area contributed by atoms with Crippen molar-refractivity contribution in [3.05, 3.63) is 90.2 Å². The predicted octanol–water partition coefficient (Wildman–Crippen LogP) is 4.48. The molecule has 174 valence electrons. The summed E-state index contributed by atoms with van der Waals surface area (Å²) in [6.45, 7) is 2.08.